The zero-order valence-electron chi connectivity index (χ0n) is 28.8. The van der Waals surface area contributed by atoms with E-state index in [1.807, 2.05) is 0 Å². The number of hydrogen-bond donors (Lipinski definition) is 0. The van der Waals surface area contributed by atoms with E-state index in [-0.39, 0.29) is 18.7 Å². The van der Waals surface area contributed by atoms with Crippen LogP contribution in [0.15, 0.2) is 109 Å². The van der Waals surface area contributed by atoms with Gasteiger partial charge in [-0.2, -0.15) is 0 Å². The molecule has 7 rings (SSSR count). The fraction of sp³-hybridized carbons (Fsp3) is 0.302. The summed E-state index contributed by atoms with van der Waals surface area (Å²) in [5, 5.41) is 0. The second-order valence-corrected chi connectivity index (χ2v) is 14.5. The third kappa shape index (κ3) is 4.96. The molecular formula is C43H47BN2. The number of para-hydroxylation sites is 2. The van der Waals surface area contributed by atoms with Gasteiger partial charge in [0.05, 0.1) is 0 Å². The second kappa shape index (κ2) is 11.8. The topological polar surface area (TPSA) is 6.48 Å². The molecule has 46 heavy (non-hydrogen) atoms. The molecule has 0 radical (unpaired) electrons. The predicted octanol–water partition coefficient (Wildman–Crippen LogP) is 10.2. The van der Waals surface area contributed by atoms with Crippen molar-refractivity contribution in [3.8, 4) is 0 Å². The average molecular weight is 603 g/mol. The van der Waals surface area contributed by atoms with Crippen LogP contribution in [0.5, 0.6) is 0 Å². The molecule has 0 saturated heterocycles. The standard InChI is InChI=1S/C43H47BN2/c1-27(2)32-25-36(28(3)4)41(37(26-32)29(5)6)44-38-22-20-31(8)24-40(38)46(34-17-13-10-14-18-34)43-42(44)35-21-19-30(7)23-39(35)45(43)33-15-11-9-12-16-33/h9-29,42-43H,1-8H3. The molecule has 232 valence electrons. The number of fused-ring (bicyclic) bond motifs is 4. The van der Waals surface area contributed by atoms with E-state index in [0.717, 1.165) is 0 Å². The van der Waals surface area contributed by atoms with Gasteiger partial charge in [0.1, 0.15) is 6.17 Å². The Kier molecular flexibility index (Phi) is 7.83. The lowest BCUT2D eigenvalue weighted by atomic mass is 9.29. The summed E-state index contributed by atoms with van der Waals surface area (Å²) in [6, 6.07) is 41.6. The van der Waals surface area contributed by atoms with E-state index in [1.165, 1.54) is 61.6 Å². The molecular weight excluding hydrogens is 555 g/mol. The predicted molar refractivity (Wildman–Crippen MR) is 200 cm³/mol. The monoisotopic (exact) mass is 602 g/mol. The molecule has 0 aromatic heterocycles. The number of hydrogen-bond acceptors (Lipinski definition) is 2. The van der Waals surface area contributed by atoms with Gasteiger partial charge in [0.25, 0.3) is 0 Å². The van der Waals surface area contributed by atoms with Crippen molar-refractivity contribution in [3.05, 3.63) is 143 Å². The van der Waals surface area contributed by atoms with Crippen LogP contribution in [0.2, 0.25) is 0 Å². The molecule has 0 saturated carbocycles. The average Bonchev–Trinajstić information content (AvgIpc) is 3.37. The third-order valence-corrected chi connectivity index (χ3v) is 10.4. The number of anilines is 4. The lowest BCUT2D eigenvalue weighted by molar-refractivity contribution is 0.662. The van der Waals surface area contributed by atoms with Gasteiger partial charge < -0.3 is 9.80 Å². The normalized spacial score (nSPS) is 17.2. The quantitative estimate of drug-likeness (QED) is 0.179. The van der Waals surface area contributed by atoms with Gasteiger partial charge in [-0.15, -0.1) is 0 Å². The van der Waals surface area contributed by atoms with Crippen LogP contribution in [0, 0.1) is 13.8 Å². The number of rotatable bonds is 6. The van der Waals surface area contributed by atoms with Crippen LogP contribution in [0.1, 0.15) is 98.5 Å². The third-order valence-electron chi connectivity index (χ3n) is 10.4. The van der Waals surface area contributed by atoms with Crippen LogP contribution in [0.25, 0.3) is 0 Å². The first-order chi connectivity index (χ1) is 22.2. The van der Waals surface area contributed by atoms with E-state index in [0.29, 0.717) is 17.8 Å². The molecule has 0 aliphatic carbocycles. The molecule has 2 aliphatic heterocycles. The molecule has 2 nitrogen and oxygen atoms in total. The summed E-state index contributed by atoms with van der Waals surface area (Å²) >= 11 is 0. The Hall–Kier alpha value is -4.24. The van der Waals surface area contributed by atoms with Crippen molar-refractivity contribution in [2.45, 2.75) is 85.1 Å². The van der Waals surface area contributed by atoms with Crippen LogP contribution in [-0.2, 0) is 0 Å². The van der Waals surface area contributed by atoms with E-state index in [4.69, 9.17) is 0 Å². The van der Waals surface area contributed by atoms with Gasteiger partial charge >= 0.3 is 0 Å². The smallest absolute Gasteiger partial charge is 0.224 e. The van der Waals surface area contributed by atoms with Crippen molar-refractivity contribution in [2.75, 3.05) is 9.80 Å². The number of benzene rings is 5. The maximum absolute atomic E-state index is 2.65. The van der Waals surface area contributed by atoms with Gasteiger partial charge in [-0.3, -0.25) is 0 Å². The summed E-state index contributed by atoms with van der Waals surface area (Å²) < 4.78 is 0. The van der Waals surface area contributed by atoms with Crippen LogP contribution in [-0.4, -0.2) is 12.9 Å². The zero-order chi connectivity index (χ0) is 32.3. The van der Waals surface area contributed by atoms with Gasteiger partial charge in [0, 0.05) is 28.6 Å². The summed E-state index contributed by atoms with van der Waals surface area (Å²) in [5.41, 5.74) is 16.6. The molecule has 0 amide bonds. The highest BCUT2D eigenvalue weighted by atomic mass is 15.4. The summed E-state index contributed by atoms with van der Waals surface area (Å²) in [6.07, 6.45) is 0.0608. The Balaban J connectivity index is 1.62. The lowest BCUT2D eigenvalue weighted by Crippen LogP contribution is -2.63. The molecule has 2 atom stereocenters. The minimum absolute atomic E-state index is 0.0608. The van der Waals surface area contributed by atoms with E-state index in [1.54, 1.807) is 5.46 Å². The highest BCUT2D eigenvalue weighted by Crippen LogP contribution is 2.53. The van der Waals surface area contributed by atoms with E-state index in [2.05, 4.69) is 174 Å². The molecule has 0 bridgehead atoms. The van der Waals surface area contributed by atoms with E-state index >= 15 is 0 Å². The molecule has 0 N–H and O–H groups in total. The lowest BCUT2D eigenvalue weighted by Gasteiger charge is -2.48. The SMILES string of the molecule is Cc1ccc2c(c1)N(c1ccccc1)C1C(B2c2c(C(C)C)cc(C(C)C)cc2C(C)C)c2ccc(C)cc2N1c1ccccc1. The maximum Gasteiger partial charge on any atom is 0.224 e. The molecule has 2 unspecified atom stereocenters. The van der Waals surface area contributed by atoms with Gasteiger partial charge in [-0.25, -0.2) is 0 Å². The van der Waals surface area contributed by atoms with Crippen molar-refractivity contribution in [3.63, 3.8) is 0 Å². The minimum Gasteiger partial charge on any atom is -0.321 e. The Bertz CT molecular complexity index is 1850. The van der Waals surface area contributed by atoms with Gasteiger partial charge in [0.15, 0.2) is 0 Å². The van der Waals surface area contributed by atoms with Crippen LogP contribution in [0.4, 0.5) is 22.7 Å². The first kappa shape index (κ1) is 30.4. The van der Waals surface area contributed by atoms with Crippen molar-refractivity contribution in [1.82, 2.24) is 0 Å². The van der Waals surface area contributed by atoms with Crippen LogP contribution < -0.4 is 20.7 Å². The highest BCUT2D eigenvalue weighted by Gasteiger charge is 2.54. The molecule has 0 spiro atoms. The van der Waals surface area contributed by atoms with E-state index in [9.17, 15) is 0 Å². The maximum atomic E-state index is 2.65. The van der Waals surface area contributed by atoms with Crippen LogP contribution in [0.3, 0.4) is 0 Å². The summed E-state index contributed by atoms with van der Waals surface area (Å²) in [7, 11) is 0. The summed E-state index contributed by atoms with van der Waals surface area (Å²) in [6.45, 7) is 18.9. The van der Waals surface area contributed by atoms with Gasteiger partial charge in [-0.1, -0.05) is 125 Å². The second-order valence-electron chi connectivity index (χ2n) is 14.5. The molecule has 2 aliphatic rings. The first-order valence-corrected chi connectivity index (χ1v) is 17.2. The Morgan fingerprint density at radius 2 is 1.04 bits per heavy atom. The van der Waals surface area contributed by atoms with E-state index < -0.39 is 0 Å². The fourth-order valence-corrected chi connectivity index (χ4v) is 8.16. The molecule has 0 fully saturated rings. The zero-order valence-corrected chi connectivity index (χ0v) is 28.8. The Labute approximate surface area is 277 Å². The van der Waals surface area contributed by atoms with Gasteiger partial charge in [-0.05, 0) is 101 Å². The fourth-order valence-electron chi connectivity index (χ4n) is 8.16. The highest BCUT2D eigenvalue weighted by molar-refractivity contribution is 6.89. The Morgan fingerprint density at radius 1 is 0.543 bits per heavy atom. The molecule has 5 aromatic carbocycles. The van der Waals surface area contributed by atoms with Crippen LogP contribution >= 0.6 is 0 Å². The van der Waals surface area contributed by atoms with Gasteiger partial charge in [0.2, 0.25) is 6.71 Å². The largest absolute Gasteiger partial charge is 0.321 e. The molecule has 3 heteroatoms. The first-order valence-electron chi connectivity index (χ1n) is 17.2. The molecule has 5 aromatic rings. The number of nitrogens with zero attached hydrogens (tertiary/aromatic N) is 2. The van der Waals surface area contributed by atoms with Crippen molar-refractivity contribution >= 4 is 40.4 Å². The Morgan fingerprint density at radius 3 is 1.57 bits per heavy atom. The van der Waals surface area contributed by atoms with Crippen molar-refractivity contribution in [1.29, 1.82) is 0 Å². The molecule has 2 heterocycles. The van der Waals surface area contributed by atoms with Crippen molar-refractivity contribution in [2.24, 2.45) is 0 Å². The summed E-state index contributed by atoms with van der Waals surface area (Å²) in [5.74, 6) is 1.52. The minimum atomic E-state index is 0.0608. The van der Waals surface area contributed by atoms with Crippen molar-refractivity contribution < 1.29 is 0 Å². The number of aryl methyl sites for hydroxylation is 2. The summed E-state index contributed by atoms with van der Waals surface area (Å²) in [4.78, 5) is 5.29.